The Hall–Kier alpha value is -1.34. The maximum Gasteiger partial charge on any atom is 0.494 e. The van der Waals surface area contributed by atoms with Gasteiger partial charge in [-0.2, -0.15) is 13.2 Å². The quantitative estimate of drug-likeness (QED) is 0.630. The van der Waals surface area contributed by atoms with Gasteiger partial charge in [-0.1, -0.05) is 24.3 Å². The van der Waals surface area contributed by atoms with Crippen LogP contribution in [0.25, 0.3) is 0 Å². The molecule has 7 heteroatoms. The Labute approximate surface area is 134 Å². The summed E-state index contributed by atoms with van der Waals surface area (Å²) in [7, 11) is -0.607. The number of alkyl halides is 3. The van der Waals surface area contributed by atoms with Gasteiger partial charge in [0.2, 0.25) is 0 Å². The van der Waals surface area contributed by atoms with Gasteiger partial charge in [0.25, 0.3) is 0 Å². The topological polar surface area (TPSA) is 35.5 Å². The number of carbonyl (C=O) groups is 1. The monoisotopic (exact) mass is 328 g/mol. The summed E-state index contributed by atoms with van der Waals surface area (Å²) in [5, 5.41) is 0. The zero-order chi connectivity index (χ0) is 17.6. The van der Waals surface area contributed by atoms with Gasteiger partial charge in [0.15, 0.2) is 5.78 Å². The molecule has 0 N–H and O–H groups in total. The maximum atomic E-state index is 12.6. The zero-order valence-corrected chi connectivity index (χ0v) is 13.8. The largest absolute Gasteiger partial charge is 0.494 e. The van der Waals surface area contributed by atoms with Crippen molar-refractivity contribution < 1.29 is 27.3 Å². The summed E-state index contributed by atoms with van der Waals surface area (Å²) in [5.41, 5.74) is -0.316. The van der Waals surface area contributed by atoms with Crippen LogP contribution in [0.3, 0.4) is 0 Å². The fraction of sp³-hybridized carbons (Fsp3) is 0.562. The van der Waals surface area contributed by atoms with E-state index >= 15 is 0 Å². The van der Waals surface area contributed by atoms with Crippen LogP contribution in [0.1, 0.15) is 45.0 Å². The first-order chi connectivity index (χ1) is 10.3. The molecule has 1 saturated heterocycles. The van der Waals surface area contributed by atoms with Crippen LogP contribution in [0.5, 0.6) is 0 Å². The molecule has 0 amide bonds. The number of benzene rings is 1. The molecule has 1 aliphatic rings. The summed E-state index contributed by atoms with van der Waals surface area (Å²) in [6, 6.07) is 5.90. The molecule has 1 atom stereocenters. The standard InChI is InChI=1S/C16H20BF3O3/c1-10(16(18,19)20)13(21)11-6-8-12(9-7-11)17-22-14(2,3)15(4,5)23-17/h6-10H,1-5H3. The highest BCUT2D eigenvalue weighted by molar-refractivity contribution is 6.62. The lowest BCUT2D eigenvalue weighted by molar-refractivity contribution is -0.155. The smallest absolute Gasteiger partial charge is 0.399 e. The Balaban J connectivity index is 2.17. The highest BCUT2D eigenvalue weighted by Crippen LogP contribution is 2.36. The van der Waals surface area contributed by atoms with Crippen molar-refractivity contribution in [3.05, 3.63) is 29.8 Å². The number of hydrogen-bond donors (Lipinski definition) is 0. The van der Waals surface area contributed by atoms with Crippen molar-refractivity contribution in [2.75, 3.05) is 0 Å². The SMILES string of the molecule is CC(C(=O)c1ccc(B2OC(C)(C)C(C)(C)O2)cc1)C(F)(F)F. The molecule has 0 radical (unpaired) electrons. The van der Waals surface area contributed by atoms with Gasteiger partial charge in [0.1, 0.15) is 5.92 Å². The van der Waals surface area contributed by atoms with Crippen LogP contribution >= 0.6 is 0 Å². The first-order valence-electron chi connectivity index (χ1n) is 7.42. The first kappa shape index (κ1) is 18.0. The molecule has 1 fully saturated rings. The average molecular weight is 328 g/mol. The van der Waals surface area contributed by atoms with Gasteiger partial charge in [0.05, 0.1) is 11.2 Å². The number of carbonyl (C=O) groups excluding carboxylic acids is 1. The molecule has 0 spiro atoms. The second-order valence-electron chi connectivity index (χ2n) is 6.84. The van der Waals surface area contributed by atoms with Crippen molar-refractivity contribution in [1.29, 1.82) is 0 Å². The van der Waals surface area contributed by atoms with E-state index in [0.29, 0.717) is 5.46 Å². The molecule has 0 aliphatic carbocycles. The van der Waals surface area contributed by atoms with E-state index in [1.165, 1.54) is 12.1 Å². The highest BCUT2D eigenvalue weighted by Gasteiger charge is 2.51. The van der Waals surface area contributed by atoms with E-state index in [4.69, 9.17) is 9.31 Å². The van der Waals surface area contributed by atoms with Gasteiger partial charge in [-0.15, -0.1) is 0 Å². The molecule has 1 aliphatic heterocycles. The van der Waals surface area contributed by atoms with Crippen LogP contribution in [-0.4, -0.2) is 30.3 Å². The lowest BCUT2D eigenvalue weighted by atomic mass is 9.78. The maximum absolute atomic E-state index is 12.6. The fourth-order valence-corrected chi connectivity index (χ4v) is 2.18. The van der Waals surface area contributed by atoms with E-state index in [1.54, 1.807) is 12.1 Å². The molecule has 1 heterocycles. The number of halogens is 3. The molecule has 23 heavy (non-hydrogen) atoms. The van der Waals surface area contributed by atoms with Crippen LogP contribution in [0.2, 0.25) is 0 Å². The summed E-state index contributed by atoms with van der Waals surface area (Å²) in [4.78, 5) is 11.8. The van der Waals surface area contributed by atoms with E-state index in [9.17, 15) is 18.0 Å². The molecule has 3 nitrogen and oxygen atoms in total. The second-order valence-corrected chi connectivity index (χ2v) is 6.84. The van der Waals surface area contributed by atoms with Gasteiger partial charge >= 0.3 is 13.3 Å². The van der Waals surface area contributed by atoms with Crippen LogP contribution in [0, 0.1) is 5.92 Å². The van der Waals surface area contributed by atoms with Crippen molar-refractivity contribution >= 4 is 18.4 Å². The molecule has 126 valence electrons. The van der Waals surface area contributed by atoms with Crippen molar-refractivity contribution in [2.24, 2.45) is 5.92 Å². The van der Waals surface area contributed by atoms with Crippen molar-refractivity contribution in [3.63, 3.8) is 0 Å². The Bertz CT molecular complexity index is 578. The predicted octanol–water partition coefficient (Wildman–Crippen LogP) is 3.37. The minimum absolute atomic E-state index is 0.0232. The number of hydrogen-bond acceptors (Lipinski definition) is 3. The lowest BCUT2D eigenvalue weighted by Crippen LogP contribution is -2.41. The first-order valence-corrected chi connectivity index (χ1v) is 7.42. The van der Waals surface area contributed by atoms with E-state index < -0.39 is 36.2 Å². The zero-order valence-electron chi connectivity index (χ0n) is 13.8. The molecular weight excluding hydrogens is 308 g/mol. The van der Waals surface area contributed by atoms with Crippen LogP contribution < -0.4 is 5.46 Å². The predicted molar refractivity (Wildman–Crippen MR) is 81.7 cm³/mol. The number of ketones is 1. The molecule has 1 aromatic carbocycles. The number of rotatable bonds is 3. The summed E-state index contributed by atoms with van der Waals surface area (Å²) < 4.78 is 49.6. The minimum Gasteiger partial charge on any atom is -0.399 e. The van der Waals surface area contributed by atoms with Crippen LogP contribution in [0.15, 0.2) is 24.3 Å². The summed E-state index contributed by atoms with van der Waals surface area (Å²) in [6.45, 7) is 8.52. The van der Waals surface area contributed by atoms with Gasteiger partial charge in [-0.25, -0.2) is 0 Å². The van der Waals surface area contributed by atoms with Gasteiger partial charge < -0.3 is 9.31 Å². The summed E-state index contributed by atoms with van der Waals surface area (Å²) in [6.07, 6.45) is -4.54. The molecule has 0 saturated carbocycles. The summed E-state index contributed by atoms with van der Waals surface area (Å²) >= 11 is 0. The van der Waals surface area contributed by atoms with E-state index in [2.05, 4.69) is 0 Å². The molecule has 1 unspecified atom stereocenters. The fourth-order valence-electron chi connectivity index (χ4n) is 2.18. The third-order valence-electron chi connectivity index (χ3n) is 4.60. The molecule has 2 rings (SSSR count). The normalized spacial score (nSPS) is 21.3. The lowest BCUT2D eigenvalue weighted by Gasteiger charge is -2.32. The van der Waals surface area contributed by atoms with Crippen LogP contribution in [-0.2, 0) is 9.31 Å². The van der Waals surface area contributed by atoms with Gasteiger partial charge in [-0.3, -0.25) is 4.79 Å². The van der Waals surface area contributed by atoms with Gasteiger partial charge in [-0.05, 0) is 40.1 Å². The van der Waals surface area contributed by atoms with Gasteiger partial charge in [0, 0.05) is 5.56 Å². The Morgan fingerprint density at radius 1 is 1.04 bits per heavy atom. The molecular formula is C16H20BF3O3. The Morgan fingerprint density at radius 2 is 1.48 bits per heavy atom. The summed E-state index contributed by atoms with van der Waals surface area (Å²) in [5.74, 6) is -2.97. The van der Waals surface area contributed by atoms with E-state index in [0.717, 1.165) is 6.92 Å². The average Bonchev–Trinajstić information content (AvgIpc) is 2.65. The second kappa shape index (κ2) is 5.63. The Morgan fingerprint density at radius 3 is 1.87 bits per heavy atom. The van der Waals surface area contributed by atoms with Crippen LogP contribution in [0.4, 0.5) is 13.2 Å². The van der Waals surface area contributed by atoms with Crippen molar-refractivity contribution in [2.45, 2.75) is 52.0 Å². The highest BCUT2D eigenvalue weighted by atomic mass is 19.4. The van der Waals surface area contributed by atoms with E-state index in [1.807, 2.05) is 27.7 Å². The molecule has 0 aromatic heterocycles. The minimum atomic E-state index is -4.54. The molecule has 1 aromatic rings. The number of Topliss-reactive ketones (excluding diaryl/α,β-unsaturated/α-hetero) is 1. The van der Waals surface area contributed by atoms with E-state index in [-0.39, 0.29) is 5.56 Å². The van der Waals surface area contributed by atoms with Crippen molar-refractivity contribution in [1.82, 2.24) is 0 Å². The Kier molecular flexibility index (Phi) is 4.41. The third-order valence-corrected chi connectivity index (χ3v) is 4.60. The van der Waals surface area contributed by atoms with Crippen molar-refractivity contribution in [3.8, 4) is 0 Å². The molecule has 0 bridgehead atoms. The third kappa shape index (κ3) is 3.45.